The van der Waals surface area contributed by atoms with Gasteiger partial charge < -0.3 is 5.32 Å². The zero-order chi connectivity index (χ0) is 18.4. The molecule has 0 radical (unpaired) electrons. The second-order valence-electron chi connectivity index (χ2n) is 5.52. The molecule has 0 aliphatic heterocycles. The van der Waals surface area contributed by atoms with Gasteiger partial charge in [-0.15, -0.1) is 0 Å². The van der Waals surface area contributed by atoms with Crippen LogP contribution in [0, 0.1) is 0 Å². The van der Waals surface area contributed by atoms with Crippen molar-refractivity contribution >= 4 is 44.3 Å². The molecule has 0 saturated carbocycles. The Morgan fingerprint density at radius 1 is 1.28 bits per heavy atom. The molecule has 0 saturated heterocycles. The highest BCUT2D eigenvalue weighted by Crippen LogP contribution is 2.37. The first-order valence-corrected chi connectivity index (χ1v) is 8.48. The Balaban J connectivity index is 2.51. The molecule has 0 unspecified atom stereocenters. The number of nitrogens with zero attached hydrogens (tertiary/aromatic N) is 2. The van der Waals surface area contributed by atoms with Crippen LogP contribution < -0.4 is 11.0 Å². The SMILES string of the molecule is CNc1nc(=O)n(-c2ccccc2Cl)c2cc(C(C)(F)F)c(Br)cc12. The zero-order valence-electron chi connectivity index (χ0n) is 13.3. The molecule has 3 rings (SSSR count). The van der Waals surface area contributed by atoms with Crippen LogP contribution in [0.15, 0.2) is 45.7 Å². The van der Waals surface area contributed by atoms with Gasteiger partial charge in [0.1, 0.15) is 5.82 Å². The molecule has 1 aromatic heterocycles. The van der Waals surface area contributed by atoms with Gasteiger partial charge in [0.15, 0.2) is 0 Å². The molecular formula is C17H13BrClF2N3O. The lowest BCUT2D eigenvalue weighted by Crippen LogP contribution is -2.24. The number of benzene rings is 2. The number of nitrogens with one attached hydrogen (secondary N) is 1. The number of anilines is 1. The van der Waals surface area contributed by atoms with Crippen LogP contribution in [0.2, 0.25) is 5.02 Å². The van der Waals surface area contributed by atoms with Crippen molar-refractivity contribution in [1.29, 1.82) is 0 Å². The standard InChI is InChI=1S/C17H13BrClF2N3O/c1-17(20,21)10-8-14-9(7-11(10)18)15(22-2)23-16(25)24(14)13-6-4-3-5-12(13)19/h3-8H,1-2H3,(H,22,23,25). The summed E-state index contributed by atoms with van der Waals surface area (Å²) >= 11 is 9.39. The fourth-order valence-corrected chi connectivity index (χ4v) is 3.55. The summed E-state index contributed by atoms with van der Waals surface area (Å²) in [7, 11) is 1.61. The van der Waals surface area contributed by atoms with E-state index in [1.165, 1.54) is 16.7 Å². The Hall–Kier alpha value is -1.99. The van der Waals surface area contributed by atoms with E-state index in [2.05, 4.69) is 26.2 Å². The Kier molecular flexibility index (Phi) is 4.55. The molecule has 130 valence electrons. The molecule has 0 amide bonds. The van der Waals surface area contributed by atoms with Gasteiger partial charge in [-0.05, 0) is 24.3 Å². The Morgan fingerprint density at radius 3 is 2.56 bits per heavy atom. The number of hydrogen-bond donors (Lipinski definition) is 1. The first-order valence-electron chi connectivity index (χ1n) is 7.31. The predicted octanol–water partition coefficient (Wildman–Crippen LogP) is 4.96. The van der Waals surface area contributed by atoms with Crippen molar-refractivity contribution in [2.24, 2.45) is 0 Å². The summed E-state index contributed by atoms with van der Waals surface area (Å²) in [6.45, 7) is 0.803. The molecule has 0 aliphatic rings. The summed E-state index contributed by atoms with van der Waals surface area (Å²) in [5.74, 6) is -2.78. The number of hydrogen-bond acceptors (Lipinski definition) is 3. The van der Waals surface area contributed by atoms with Crippen LogP contribution in [0.4, 0.5) is 14.6 Å². The van der Waals surface area contributed by atoms with Gasteiger partial charge in [-0.1, -0.05) is 39.7 Å². The molecule has 1 heterocycles. The van der Waals surface area contributed by atoms with Gasteiger partial charge in [-0.25, -0.2) is 13.6 Å². The average molecular weight is 429 g/mol. The molecule has 8 heteroatoms. The minimum Gasteiger partial charge on any atom is -0.372 e. The molecular weight excluding hydrogens is 416 g/mol. The lowest BCUT2D eigenvalue weighted by molar-refractivity contribution is 0.0168. The highest BCUT2D eigenvalue weighted by Gasteiger charge is 2.29. The highest BCUT2D eigenvalue weighted by atomic mass is 79.9. The van der Waals surface area contributed by atoms with E-state index >= 15 is 0 Å². The summed E-state index contributed by atoms with van der Waals surface area (Å²) in [5, 5.41) is 3.66. The molecule has 25 heavy (non-hydrogen) atoms. The topological polar surface area (TPSA) is 46.9 Å². The molecule has 1 N–H and O–H groups in total. The quantitative estimate of drug-likeness (QED) is 0.642. The summed E-state index contributed by atoms with van der Waals surface area (Å²) in [4.78, 5) is 16.6. The Morgan fingerprint density at radius 2 is 1.96 bits per heavy atom. The third kappa shape index (κ3) is 3.14. The number of halogens is 4. The number of aromatic nitrogens is 2. The molecule has 0 bridgehead atoms. The van der Waals surface area contributed by atoms with Crippen LogP contribution in [0.3, 0.4) is 0 Å². The minimum atomic E-state index is -3.09. The van der Waals surface area contributed by atoms with Gasteiger partial charge in [0.05, 0.1) is 16.2 Å². The van der Waals surface area contributed by atoms with Gasteiger partial charge in [0, 0.05) is 29.4 Å². The second-order valence-corrected chi connectivity index (χ2v) is 6.78. The zero-order valence-corrected chi connectivity index (χ0v) is 15.6. The average Bonchev–Trinajstić information content (AvgIpc) is 2.54. The van der Waals surface area contributed by atoms with Gasteiger partial charge in [-0.3, -0.25) is 4.57 Å². The van der Waals surface area contributed by atoms with E-state index in [9.17, 15) is 13.6 Å². The van der Waals surface area contributed by atoms with Crippen LogP contribution >= 0.6 is 27.5 Å². The molecule has 0 atom stereocenters. The summed E-state index contributed by atoms with van der Waals surface area (Å²) in [6, 6.07) is 9.49. The van der Waals surface area contributed by atoms with Crippen LogP contribution in [0.1, 0.15) is 12.5 Å². The van der Waals surface area contributed by atoms with Crippen molar-refractivity contribution in [2.75, 3.05) is 12.4 Å². The molecule has 3 aromatic rings. The first kappa shape index (κ1) is 17.8. The smallest absolute Gasteiger partial charge is 0.354 e. The first-order chi connectivity index (χ1) is 11.7. The second kappa shape index (κ2) is 6.38. The van der Waals surface area contributed by atoms with Gasteiger partial charge in [-0.2, -0.15) is 4.98 Å². The summed E-state index contributed by atoms with van der Waals surface area (Å²) in [6.07, 6.45) is 0. The number of alkyl halides is 2. The van der Waals surface area contributed by atoms with Crippen LogP contribution in [-0.2, 0) is 5.92 Å². The summed E-state index contributed by atoms with van der Waals surface area (Å²) in [5.41, 5.74) is -0.176. The summed E-state index contributed by atoms with van der Waals surface area (Å²) < 4.78 is 29.4. The van der Waals surface area contributed by atoms with Gasteiger partial charge >= 0.3 is 5.69 Å². The van der Waals surface area contributed by atoms with E-state index in [-0.39, 0.29) is 15.6 Å². The molecule has 0 fully saturated rings. The van der Waals surface area contributed by atoms with Crippen molar-refractivity contribution in [1.82, 2.24) is 9.55 Å². The van der Waals surface area contributed by atoms with E-state index in [1.807, 2.05) is 0 Å². The van der Waals surface area contributed by atoms with Crippen molar-refractivity contribution < 1.29 is 8.78 Å². The van der Waals surface area contributed by atoms with Crippen molar-refractivity contribution in [3.63, 3.8) is 0 Å². The van der Waals surface area contributed by atoms with E-state index in [1.54, 1.807) is 31.3 Å². The fraction of sp³-hybridized carbons (Fsp3) is 0.176. The van der Waals surface area contributed by atoms with Crippen molar-refractivity contribution in [3.8, 4) is 5.69 Å². The highest BCUT2D eigenvalue weighted by molar-refractivity contribution is 9.10. The van der Waals surface area contributed by atoms with Crippen LogP contribution in [0.5, 0.6) is 0 Å². The minimum absolute atomic E-state index is 0.228. The van der Waals surface area contributed by atoms with Crippen molar-refractivity contribution in [2.45, 2.75) is 12.8 Å². The van der Waals surface area contributed by atoms with E-state index < -0.39 is 11.6 Å². The molecule has 4 nitrogen and oxygen atoms in total. The maximum absolute atomic E-state index is 14.0. The van der Waals surface area contributed by atoms with Crippen LogP contribution in [0.25, 0.3) is 16.6 Å². The van der Waals surface area contributed by atoms with Crippen molar-refractivity contribution in [3.05, 3.63) is 61.9 Å². The number of para-hydroxylation sites is 1. The predicted molar refractivity (Wildman–Crippen MR) is 99.2 cm³/mol. The third-order valence-electron chi connectivity index (χ3n) is 3.78. The third-order valence-corrected chi connectivity index (χ3v) is 4.76. The molecule has 2 aromatic carbocycles. The lowest BCUT2D eigenvalue weighted by atomic mass is 10.1. The maximum Gasteiger partial charge on any atom is 0.354 e. The van der Waals surface area contributed by atoms with Gasteiger partial charge in [0.2, 0.25) is 0 Å². The lowest BCUT2D eigenvalue weighted by Gasteiger charge is -2.18. The largest absolute Gasteiger partial charge is 0.372 e. The Labute approximate surface area is 155 Å². The van der Waals surface area contributed by atoms with E-state index in [0.29, 0.717) is 21.9 Å². The Bertz CT molecular complexity index is 1030. The number of rotatable bonds is 3. The van der Waals surface area contributed by atoms with E-state index in [0.717, 1.165) is 6.92 Å². The monoisotopic (exact) mass is 427 g/mol. The molecule has 0 spiro atoms. The normalized spacial score (nSPS) is 11.8. The maximum atomic E-state index is 14.0. The molecule has 0 aliphatic carbocycles. The fourth-order valence-electron chi connectivity index (χ4n) is 2.64. The number of fused-ring (bicyclic) bond motifs is 1. The van der Waals surface area contributed by atoms with Crippen LogP contribution in [-0.4, -0.2) is 16.6 Å². The van der Waals surface area contributed by atoms with E-state index in [4.69, 9.17) is 11.6 Å². The van der Waals surface area contributed by atoms with Gasteiger partial charge in [0.25, 0.3) is 5.92 Å².